The molecule has 7 heteroatoms. The molecule has 0 radical (unpaired) electrons. The molecule has 1 fully saturated rings. The summed E-state index contributed by atoms with van der Waals surface area (Å²) in [6, 6.07) is 3.45. The molecule has 1 saturated heterocycles. The first-order chi connectivity index (χ1) is 9.25. The third-order valence-electron chi connectivity index (χ3n) is 3.20. The number of H-pyrrole nitrogens is 1. The van der Waals surface area contributed by atoms with Gasteiger partial charge < -0.3 is 9.64 Å². The van der Waals surface area contributed by atoms with Crippen molar-refractivity contribution in [2.45, 2.75) is 6.04 Å². The third kappa shape index (κ3) is 2.24. The molecule has 3 heterocycles. The standard InChI is InChI=1S/C12H15N5O2/c1-16-5-3-10(15-16)12(18)17-6-7-19-8-11(17)9-2-4-13-14-9/h2-5,11H,6-8H2,1H3,(H,13,14)/t11-/m0/s1. The van der Waals surface area contributed by atoms with Crippen molar-refractivity contribution in [1.29, 1.82) is 0 Å². The Morgan fingerprint density at radius 3 is 3.11 bits per heavy atom. The van der Waals surface area contributed by atoms with Gasteiger partial charge in [-0.05, 0) is 12.1 Å². The van der Waals surface area contributed by atoms with Crippen LogP contribution in [0.5, 0.6) is 0 Å². The van der Waals surface area contributed by atoms with Crippen LogP contribution >= 0.6 is 0 Å². The highest BCUT2D eigenvalue weighted by molar-refractivity contribution is 5.92. The highest BCUT2D eigenvalue weighted by Gasteiger charge is 2.31. The van der Waals surface area contributed by atoms with Crippen LogP contribution in [0.15, 0.2) is 24.5 Å². The molecule has 1 aliphatic heterocycles. The first kappa shape index (κ1) is 11.9. The molecule has 0 unspecified atom stereocenters. The molecular formula is C12H15N5O2. The Morgan fingerprint density at radius 2 is 2.42 bits per heavy atom. The fraction of sp³-hybridized carbons (Fsp3) is 0.417. The number of aromatic nitrogens is 4. The van der Waals surface area contributed by atoms with E-state index in [9.17, 15) is 4.79 Å². The molecule has 1 atom stereocenters. The molecule has 1 aliphatic rings. The summed E-state index contributed by atoms with van der Waals surface area (Å²) in [5.41, 5.74) is 1.33. The van der Waals surface area contributed by atoms with Gasteiger partial charge >= 0.3 is 0 Å². The molecule has 3 rings (SSSR count). The van der Waals surface area contributed by atoms with Gasteiger partial charge in [0.05, 0.1) is 24.9 Å². The second-order valence-corrected chi connectivity index (χ2v) is 4.48. The van der Waals surface area contributed by atoms with Gasteiger partial charge in [-0.15, -0.1) is 0 Å². The summed E-state index contributed by atoms with van der Waals surface area (Å²) in [7, 11) is 1.79. The lowest BCUT2D eigenvalue weighted by Gasteiger charge is -2.34. The van der Waals surface area contributed by atoms with E-state index in [1.807, 2.05) is 6.07 Å². The van der Waals surface area contributed by atoms with E-state index in [1.165, 1.54) is 0 Å². The minimum atomic E-state index is -0.134. The Hall–Kier alpha value is -2.15. The minimum Gasteiger partial charge on any atom is -0.377 e. The van der Waals surface area contributed by atoms with Gasteiger partial charge in [0.1, 0.15) is 5.69 Å². The monoisotopic (exact) mass is 261 g/mol. The van der Waals surface area contributed by atoms with Crippen LogP contribution in [0.4, 0.5) is 0 Å². The summed E-state index contributed by atoms with van der Waals surface area (Å²) in [5.74, 6) is -0.0801. The van der Waals surface area contributed by atoms with Crippen LogP contribution < -0.4 is 0 Å². The number of nitrogens with zero attached hydrogens (tertiary/aromatic N) is 4. The Kier molecular flexibility index (Phi) is 3.04. The van der Waals surface area contributed by atoms with Crippen LogP contribution in [0.3, 0.4) is 0 Å². The number of morpholine rings is 1. The lowest BCUT2D eigenvalue weighted by molar-refractivity contribution is -0.00425. The molecule has 7 nitrogen and oxygen atoms in total. The summed E-state index contributed by atoms with van der Waals surface area (Å²) < 4.78 is 7.08. The molecule has 0 bridgehead atoms. The van der Waals surface area contributed by atoms with Crippen LogP contribution in [0.25, 0.3) is 0 Å². The maximum Gasteiger partial charge on any atom is 0.275 e. The molecule has 100 valence electrons. The molecule has 2 aromatic heterocycles. The van der Waals surface area contributed by atoms with Crippen LogP contribution in [-0.2, 0) is 11.8 Å². The second-order valence-electron chi connectivity index (χ2n) is 4.48. The lowest BCUT2D eigenvalue weighted by Crippen LogP contribution is -2.43. The number of carbonyl (C=O) groups is 1. The van der Waals surface area contributed by atoms with Gasteiger partial charge in [-0.1, -0.05) is 0 Å². The first-order valence-electron chi connectivity index (χ1n) is 6.13. The second kappa shape index (κ2) is 4.85. The Bertz CT molecular complexity index is 562. The number of ether oxygens (including phenoxy) is 1. The number of hydrogen-bond donors (Lipinski definition) is 1. The summed E-state index contributed by atoms with van der Waals surface area (Å²) in [5, 5.41) is 11.0. The van der Waals surface area contributed by atoms with Crippen molar-refractivity contribution in [2.24, 2.45) is 7.05 Å². The quantitative estimate of drug-likeness (QED) is 0.846. The van der Waals surface area contributed by atoms with E-state index in [1.54, 1.807) is 35.1 Å². The highest BCUT2D eigenvalue weighted by atomic mass is 16.5. The average molecular weight is 261 g/mol. The summed E-state index contributed by atoms with van der Waals surface area (Å²) in [6.45, 7) is 1.57. The SMILES string of the molecule is Cn1ccc(C(=O)N2CCOC[C@H]2c2ccn[nH]2)n1. The molecule has 0 aromatic carbocycles. The van der Waals surface area contributed by atoms with Gasteiger partial charge in [-0.3, -0.25) is 14.6 Å². The maximum absolute atomic E-state index is 12.5. The van der Waals surface area contributed by atoms with Gasteiger partial charge in [0, 0.05) is 26.0 Å². The highest BCUT2D eigenvalue weighted by Crippen LogP contribution is 2.23. The van der Waals surface area contributed by atoms with Gasteiger partial charge in [0.15, 0.2) is 0 Å². The summed E-state index contributed by atoms with van der Waals surface area (Å²) in [6.07, 6.45) is 3.44. The smallest absolute Gasteiger partial charge is 0.275 e. The molecular weight excluding hydrogens is 246 g/mol. The predicted molar refractivity (Wildman–Crippen MR) is 66.4 cm³/mol. The number of aryl methyl sites for hydroxylation is 1. The molecule has 2 aromatic rings. The Morgan fingerprint density at radius 1 is 1.53 bits per heavy atom. The maximum atomic E-state index is 12.5. The van der Waals surface area contributed by atoms with E-state index in [0.717, 1.165) is 5.69 Å². The zero-order chi connectivity index (χ0) is 13.2. The van der Waals surface area contributed by atoms with Crippen LogP contribution in [0, 0.1) is 0 Å². The number of amides is 1. The summed E-state index contributed by atoms with van der Waals surface area (Å²) >= 11 is 0. The topological polar surface area (TPSA) is 76.0 Å². The molecule has 1 N–H and O–H groups in total. The molecule has 1 amide bonds. The van der Waals surface area contributed by atoms with E-state index < -0.39 is 0 Å². The van der Waals surface area contributed by atoms with Crippen molar-refractivity contribution in [2.75, 3.05) is 19.8 Å². The molecule has 19 heavy (non-hydrogen) atoms. The van der Waals surface area contributed by atoms with Crippen LogP contribution in [0.1, 0.15) is 22.2 Å². The Labute approximate surface area is 110 Å². The number of carbonyl (C=O) groups excluding carboxylic acids is 1. The largest absolute Gasteiger partial charge is 0.377 e. The van der Waals surface area contributed by atoms with E-state index in [-0.39, 0.29) is 11.9 Å². The average Bonchev–Trinajstić information content (AvgIpc) is 3.09. The van der Waals surface area contributed by atoms with Gasteiger partial charge in [-0.25, -0.2) is 0 Å². The summed E-state index contributed by atoms with van der Waals surface area (Å²) in [4.78, 5) is 14.3. The van der Waals surface area contributed by atoms with Gasteiger partial charge in [0.2, 0.25) is 0 Å². The molecule has 0 spiro atoms. The third-order valence-corrected chi connectivity index (χ3v) is 3.20. The number of nitrogens with one attached hydrogen (secondary N) is 1. The predicted octanol–water partition coefficient (Wildman–Crippen LogP) is 0.357. The normalized spacial score (nSPS) is 19.6. The lowest BCUT2D eigenvalue weighted by atomic mass is 10.1. The van der Waals surface area contributed by atoms with Gasteiger partial charge in [-0.2, -0.15) is 10.2 Å². The molecule has 0 saturated carbocycles. The van der Waals surface area contributed by atoms with Crippen molar-refractivity contribution in [3.63, 3.8) is 0 Å². The fourth-order valence-corrected chi connectivity index (χ4v) is 2.23. The van der Waals surface area contributed by atoms with Gasteiger partial charge in [0.25, 0.3) is 5.91 Å². The minimum absolute atomic E-state index is 0.0801. The van der Waals surface area contributed by atoms with Crippen molar-refractivity contribution in [1.82, 2.24) is 24.9 Å². The molecule has 0 aliphatic carbocycles. The number of rotatable bonds is 2. The van der Waals surface area contributed by atoms with Crippen LogP contribution in [0.2, 0.25) is 0 Å². The van der Waals surface area contributed by atoms with Crippen molar-refractivity contribution in [3.05, 3.63) is 35.9 Å². The van der Waals surface area contributed by atoms with E-state index >= 15 is 0 Å². The Balaban J connectivity index is 1.86. The van der Waals surface area contributed by atoms with E-state index in [0.29, 0.717) is 25.5 Å². The van der Waals surface area contributed by atoms with Crippen molar-refractivity contribution in [3.8, 4) is 0 Å². The first-order valence-corrected chi connectivity index (χ1v) is 6.13. The van der Waals surface area contributed by atoms with E-state index in [4.69, 9.17) is 4.74 Å². The number of aromatic amines is 1. The van der Waals surface area contributed by atoms with Crippen molar-refractivity contribution >= 4 is 5.91 Å². The fourth-order valence-electron chi connectivity index (χ4n) is 2.23. The zero-order valence-corrected chi connectivity index (χ0v) is 10.6. The van der Waals surface area contributed by atoms with Crippen molar-refractivity contribution < 1.29 is 9.53 Å². The zero-order valence-electron chi connectivity index (χ0n) is 10.6. The van der Waals surface area contributed by atoms with Crippen LogP contribution in [-0.4, -0.2) is 50.5 Å². The van der Waals surface area contributed by atoms with E-state index in [2.05, 4.69) is 15.3 Å². The number of hydrogen-bond acceptors (Lipinski definition) is 4.